The summed E-state index contributed by atoms with van der Waals surface area (Å²) in [6.45, 7) is 19.4. The standard InChI is InChI=1S/C74H130N16O23/c1-34(2)30-37(7)39(9)58(96)42(12)63(100)81-45(20-18-27-75)64(101)80-44(23-25-52(77)92)59(97)60(98)71(108)86-55(40(10)41(11)62(79)99)68(105)88-57-61(38(8)36(5)6)113-74(111)51-22-16-17-29-90(51)73(110)48(32-54(94)95)84-69(106)56(43(13)112-15)87-67(104)50(24-26-53(78)93)89(14)72(109)47(31-35(3)4)83-65(102)46(21-19-28-76)82-66(103)49(33-91)85-70(57)107/h34-51,55-61,91,96-98H,16-33,75-76H2,1-15H3,(H2,77,92)(H2,78,93)(H2,79,99)(H,80,101)(H,81,100)(H,82,103)(H,83,102)(H,84,106)(H,85,107)(H,86,108)(H,87,104)(H,88,105)(H,94,95)/t37-,38-,39-,40+,41-,42-,43-,44+,45-,46-,47+,48-,49-,50+,51+,55+,56+,57-,58-,59-,60-,61-/m1/s1. The number of carboxylic acid groups (broad SMARTS) is 1. The van der Waals surface area contributed by atoms with Crippen LogP contribution in [0.3, 0.4) is 0 Å². The maximum absolute atomic E-state index is 15.5. The molecule has 39 nitrogen and oxygen atoms in total. The number of carbonyl (C=O) groups is 16. The second-order valence-electron chi connectivity index (χ2n) is 31.3. The molecule has 0 aromatic carbocycles. The van der Waals surface area contributed by atoms with Gasteiger partial charge < -0.3 is 121 Å². The van der Waals surface area contributed by atoms with Gasteiger partial charge in [0.1, 0.15) is 72.6 Å². The van der Waals surface area contributed by atoms with Gasteiger partial charge in [0.05, 0.1) is 37.2 Å². The molecular formula is C74H130N16O23. The molecule has 0 aliphatic carbocycles. The number of likely N-dealkylation sites (N-methyl/N-ethyl adjacent to an activating group) is 1. The molecular weight excluding hydrogens is 1480 g/mol. The predicted octanol–water partition coefficient (Wildman–Crippen LogP) is -4.87. The van der Waals surface area contributed by atoms with Crippen LogP contribution in [0.4, 0.5) is 0 Å². The van der Waals surface area contributed by atoms with E-state index in [2.05, 4.69) is 47.9 Å². The third-order valence-electron chi connectivity index (χ3n) is 21.4. The molecule has 0 aromatic heterocycles. The lowest BCUT2D eigenvalue weighted by Crippen LogP contribution is -2.65. The van der Waals surface area contributed by atoms with Gasteiger partial charge in [-0.25, -0.2) is 4.79 Å². The van der Waals surface area contributed by atoms with E-state index >= 15 is 19.2 Å². The lowest BCUT2D eigenvalue weighted by atomic mass is 9.80. The van der Waals surface area contributed by atoms with Gasteiger partial charge >= 0.3 is 11.9 Å². The second-order valence-corrected chi connectivity index (χ2v) is 31.3. The summed E-state index contributed by atoms with van der Waals surface area (Å²) in [5.74, 6) is -25.2. The lowest BCUT2D eigenvalue weighted by Gasteiger charge is -2.39. The monoisotopic (exact) mass is 1610 g/mol. The maximum atomic E-state index is 15.5. The molecule has 2 rings (SSSR count). The molecule has 2 aliphatic heterocycles. The number of carboxylic acids is 1. The Labute approximate surface area is 660 Å². The van der Waals surface area contributed by atoms with Crippen LogP contribution in [0.1, 0.15) is 180 Å². The molecule has 24 N–H and O–H groups in total. The first-order valence-electron chi connectivity index (χ1n) is 38.9. The van der Waals surface area contributed by atoms with Crippen LogP contribution in [-0.4, -0.2) is 267 Å². The van der Waals surface area contributed by atoms with Crippen molar-refractivity contribution < 1.29 is 112 Å². The Morgan fingerprint density at radius 1 is 0.611 bits per heavy atom. The molecule has 14 amide bonds. The number of methoxy groups -OCH3 is 1. The first-order valence-corrected chi connectivity index (χ1v) is 38.9. The van der Waals surface area contributed by atoms with Crippen molar-refractivity contribution in [3.63, 3.8) is 0 Å². The fraction of sp³-hybridized carbons (Fsp3) is 0.784. The number of primary amides is 3. The van der Waals surface area contributed by atoms with E-state index in [0.717, 1.165) is 30.4 Å². The van der Waals surface area contributed by atoms with Crippen molar-refractivity contribution in [2.75, 3.05) is 40.4 Å². The molecule has 0 radical (unpaired) electrons. The van der Waals surface area contributed by atoms with Gasteiger partial charge in [0.25, 0.3) is 5.91 Å². The Balaban J connectivity index is 3.12. The summed E-state index contributed by atoms with van der Waals surface area (Å²) in [6.07, 6.45) is -12.3. The molecule has 113 heavy (non-hydrogen) atoms. The number of hydrogen-bond donors (Lipinski definition) is 19. The van der Waals surface area contributed by atoms with E-state index in [1.165, 1.54) is 34.6 Å². The zero-order valence-electron chi connectivity index (χ0n) is 68.0. The Morgan fingerprint density at radius 3 is 1.73 bits per heavy atom. The number of ether oxygens (including phenoxy) is 2. The molecule has 2 saturated heterocycles. The highest BCUT2D eigenvalue weighted by molar-refractivity contribution is 6.00. The Hall–Kier alpha value is -8.76. The number of fused-ring (bicyclic) bond motifs is 1. The number of rotatable bonds is 39. The lowest BCUT2D eigenvalue weighted by molar-refractivity contribution is -0.168. The number of nitrogens with zero attached hydrogens (tertiary/aromatic N) is 2. The molecule has 0 unspecified atom stereocenters. The van der Waals surface area contributed by atoms with Crippen LogP contribution in [-0.2, 0) is 86.2 Å². The van der Waals surface area contributed by atoms with Crippen LogP contribution in [0, 0.1) is 53.3 Å². The van der Waals surface area contributed by atoms with E-state index in [1.807, 2.05) is 20.8 Å². The van der Waals surface area contributed by atoms with E-state index in [-0.39, 0.29) is 88.8 Å². The highest BCUT2D eigenvalue weighted by atomic mass is 16.5. The summed E-state index contributed by atoms with van der Waals surface area (Å²) in [5, 5.41) is 78.5. The molecule has 0 saturated carbocycles. The fourth-order valence-electron chi connectivity index (χ4n) is 13.4. The topological polar surface area (TPSA) is 638 Å². The Morgan fingerprint density at radius 2 is 1.19 bits per heavy atom. The third kappa shape index (κ3) is 31.2. The first kappa shape index (κ1) is 100. The van der Waals surface area contributed by atoms with Crippen molar-refractivity contribution in [3.8, 4) is 0 Å². The van der Waals surface area contributed by atoms with Crippen molar-refractivity contribution in [2.45, 2.75) is 277 Å². The van der Waals surface area contributed by atoms with Crippen LogP contribution < -0.4 is 76.5 Å². The first-order chi connectivity index (χ1) is 52.7. The van der Waals surface area contributed by atoms with Crippen LogP contribution >= 0.6 is 0 Å². The maximum Gasteiger partial charge on any atom is 0.329 e. The van der Waals surface area contributed by atoms with Gasteiger partial charge in [-0.05, 0) is 132 Å². The summed E-state index contributed by atoms with van der Waals surface area (Å²) in [4.78, 5) is 230. The fourth-order valence-corrected chi connectivity index (χ4v) is 13.4. The van der Waals surface area contributed by atoms with Crippen molar-refractivity contribution in [2.24, 2.45) is 81.9 Å². The van der Waals surface area contributed by atoms with Crippen molar-refractivity contribution in [3.05, 3.63) is 0 Å². The molecule has 644 valence electrons. The number of aliphatic hydroxyl groups excluding tert-OH is 4. The minimum atomic E-state index is -2.69. The largest absolute Gasteiger partial charge is 0.481 e. The van der Waals surface area contributed by atoms with Crippen LogP contribution in [0.5, 0.6) is 0 Å². The van der Waals surface area contributed by atoms with Gasteiger partial charge in [0.2, 0.25) is 76.8 Å². The third-order valence-corrected chi connectivity index (χ3v) is 21.4. The molecule has 2 fully saturated rings. The minimum absolute atomic E-state index is 0.0119. The number of piperidine rings is 1. The number of aliphatic carboxylic acids is 1. The number of nitrogens with one attached hydrogen (secondary N) is 9. The quantitative estimate of drug-likeness (QED) is 0.0257. The molecule has 0 spiro atoms. The number of amides is 14. The average Bonchev–Trinajstić information content (AvgIpc) is 0.889. The van der Waals surface area contributed by atoms with Crippen molar-refractivity contribution in [1.29, 1.82) is 0 Å². The van der Waals surface area contributed by atoms with E-state index in [1.54, 1.807) is 34.6 Å². The van der Waals surface area contributed by atoms with Gasteiger partial charge in [0.15, 0.2) is 6.10 Å². The molecule has 0 aromatic rings. The summed E-state index contributed by atoms with van der Waals surface area (Å²) in [6, 6.07) is -20.1. The van der Waals surface area contributed by atoms with Gasteiger partial charge in [-0.3, -0.25) is 71.9 Å². The number of carbonyl (C=O) groups excluding carboxylic acids is 15. The zero-order chi connectivity index (χ0) is 86.3. The summed E-state index contributed by atoms with van der Waals surface area (Å²) < 4.78 is 11.8. The average molecular weight is 1610 g/mol. The highest BCUT2D eigenvalue weighted by Crippen LogP contribution is 2.29. The smallest absolute Gasteiger partial charge is 0.329 e. The zero-order valence-corrected chi connectivity index (χ0v) is 68.0. The van der Waals surface area contributed by atoms with E-state index < -0.39 is 266 Å². The van der Waals surface area contributed by atoms with Gasteiger partial charge in [-0.2, -0.15) is 0 Å². The molecule has 2 heterocycles. The number of nitrogens with two attached hydrogens (primary N) is 5. The number of aliphatic hydroxyl groups is 4. The van der Waals surface area contributed by atoms with Crippen molar-refractivity contribution >= 4 is 94.6 Å². The Kier molecular flexibility index (Phi) is 43.0. The predicted molar refractivity (Wildman–Crippen MR) is 408 cm³/mol. The van der Waals surface area contributed by atoms with E-state index in [4.69, 9.17) is 38.1 Å². The van der Waals surface area contributed by atoms with E-state index in [9.17, 15) is 83.1 Å². The summed E-state index contributed by atoms with van der Waals surface area (Å²) in [5.41, 5.74) is 28.5. The second kappa shape index (κ2) is 48.5. The van der Waals surface area contributed by atoms with Gasteiger partial charge in [-0.1, -0.05) is 83.1 Å². The molecule has 2 aliphatic rings. The number of esters is 1. The molecule has 22 atom stereocenters. The SMILES string of the molecule is CO[C@H](C)[C@@H]1NC(=O)[C@H](CCC(N)=O)N(C)C(=O)[C@H](CC(C)C)NC(=O)[C@@H](CCCN)NC(=O)[C@@H](CO)NC(=O)[C@H](NC(=O)[C@@H](NC(=O)[C@H](O)[C@H](O)[C@H](CCC(N)=O)NC(=O)[C@@H](CCCN)NC(=O)[C@H](C)[C@H](O)[C@H](C)[C@H](C)CC(C)C)[C@@H](C)[C@@H](C)C(N)=O)[C@@H]([C@H](C)C(C)C)OC(=O)[C@@H]2CCCCN2C(=O)[C@@H](CC(=O)O)NC1=O. The summed E-state index contributed by atoms with van der Waals surface area (Å²) >= 11 is 0. The highest BCUT2D eigenvalue weighted by Gasteiger charge is 2.48. The Bertz CT molecular complexity index is 3240. The molecule has 0 bridgehead atoms. The van der Waals surface area contributed by atoms with Crippen LogP contribution in [0.15, 0.2) is 0 Å². The van der Waals surface area contributed by atoms with Gasteiger partial charge in [-0.15, -0.1) is 0 Å². The van der Waals surface area contributed by atoms with E-state index in [0.29, 0.717) is 0 Å². The number of hydrogen-bond acceptors (Lipinski definition) is 24. The van der Waals surface area contributed by atoms with Crippen LogP contribution in [0.25, 0.3) is 0 Å². The normalized spacial score (nSPS) is 24.5. The minimum Gasteiger partial charge on any atom is -0.481 e. The number of cyclic esters (lactones) is 1. The summed E-state index contributed by atoms with van der Waals surface area (Å²) in [7, 11) is 2.31. The van der Waals surface area contributed by atoms with Crippen molar-refractivity contribution in [1.82, 2.24) is 57.7 Å². The van der Waals surface area contributed by atoms with Gasteiger partial charge in [0, 0.05) is 39.5 Å². The van der Waals surface area contributed by atoms with Crippen LogP contribution in [0.2, 0.25) is 0 Å². The molecule has 39 heteroatoms.